The first-order chi connectivity index (χ1) is 6.20. The van der Waals surface area contributed by atoms with Crippen LogP contribution >= 0.6 is 0 Å². The molecule has 0 saturated carbocycles. The molecule has 0 radical (unpaired) electrons. The Morgan fingerprint density at radius 2 is 2.23 bits per heavy atom. The monoisotopic (exact) mass is 177 g/mol. The molecule has 0 aliphatic carbocycles. The van der Waals surface area contributed by atoms with Crippen LogP contribution < -0.4 is 0 Å². The van der Waals surface area contributed by atoms with E-state index in [2.05, 4.69) is 4.99 Å². The molecule has 0 saturated heterocycles. The first-order valence-electron chi connectivity index (χ1n) is 3.97. The molecule has 0 amide bonds. The van der Waals surface area contributed by atoms with Gasteiger partial charge in [0.05, 0.1) is 0 Å². The number of rotatable bonds is 3. The number of carbonyl (C=O) groups is 1. The molecule has 0 heterocycles. The quantitative estimate of drug-likeness (QED) is 0.711. The average Bonchev–Trinajstić information content (AvgIpc) is 2.08. The van der Waals surface area contributed by atoms with Crippen LogP contribution in [0.5, 0.6) is 0 Å². The van der Waals surface area contributed by atoms with Crippen LogP contribution in [-0.4, -0.2) is 23.8 Å². The summed E-state index contributed by atoms with van der Waals surface area (Å²) in [5.74, 6) is -0.912. The highest BCUT2D eigenvalue weighted by molar-refractivity contribution is 5.83. The van der Waals surface area contributed by atoms with E-state index in [4.69, 9.17) is 5.11 Å². The third kappa shape index (κ3) is 3.07. The first kappa shape index (κ1) is 9.45. The number of carboxylic acid groups (broad SMARTS) is 1. The Morgan fingerprint density at radius 1 is 1.54 bits per heavy atom. The lowest BCUT2D eigenvalue weighted by Crippen LogP contribution is -1.99. The Morgan fingerprint density at radius 3 is 2.85 bits per heavy atom. The van der Waals surface area contributed by atoms with Gasteiger partial charge < -0.3 is 5.11 Å². The van der Waals surface area contributed by atoms with Crippen molar-refractivity contribution in [1.82, 2.24) is 0 Å². The van der Waals surface area contributed by atoms with E-state index in [1.807, 2.05) is 31.2 Å². The maximum atomic E-state index is 10.2. The van der Waals surface area contributed by atoms with E-state index in [9.17, 15) is 4.79 Å². The summed E-state index contributed by atoms with van der Waals surface area (Å²) < 4.78 is 0. The highest BCUT2D eigenvalue weighted by Gasteiger charge is 1.93. The van der Waals surface area contributed by atoms with Crippen LogP contribution in [0.2, 0.25) is 0 Å². The second-order valence-electron chi connectivity index (χ2n) is 2.72. The van der Waals surface area contributed by atoms with E-state index >= 15 is 0 Å². The van der Waals surface area contributed by atoms with Crippen LogP contribution in [0.1, 0.15) is 11.1 Å². The summed E-state index contributed by atoms with van der Waals surface area (Å²) in [6.07, 6.45) is 1.59. The zero-order valence-corrected chi connectivity index (χ0v) is 7.40. The zero-order chi connectivity index (χ0) is 9.68. The largest absolute Gasteiger partial charge is 0.480 e. The molecule has 0 atom stereocenters. The maximum absolute atomic E-state index is 10.2. The SMILES string of the molecule is Cc1ccccc1/C=N\CC(=O)O. The number of aliphatic imine (C=N–C) groups is 1. The second-order valence-corrected chi connectivity index (χ2v) is 2.72. The molecule has 3 nitrogen and oxygen atoms in total. The molecule has 0 fully saturated rings. The van der Waals surface area contributed by atoms with Crippen LogP contribution in [0.25, 0.3) is 0 Å². The summed E-state index contributed by atoms with van der Waals surface area (Å²) in [4.78, 5) is 13.9. The molecular formula is C10H11NO2. The number of hydrogen-bond donors (Lipinski definition) is 1. The molecule has 0 aliphatic heterocycles. The van der Waals surface area contributed by atoms with Crippen molar-refractivity contribution in [2.24, 2.45) is 4.99 Å². The molecule has 0 spiro atoms. The fraction of sp³-hybridized carbons (Fsp3) is 0.200. The number of carboxylic acids is 1. The topological polar surface area (TPSA) is 49.7 Å². The van der Waals surface area contributed by atoms with Gasteiger partial charge in [0.15, 0.2) is 0 Å². The van der Waals surface area contributed by atoms with E-state index in [-0.39, 0.29) is 6.54 Å². The molecule has 3 heteroatoms. The van der Waals surface area contributed by atoms with E-state index in [1.54, 1.807) is 6.21 Å². The van der Waals surface area contributed by atoms with Gasteiger partial charge in [-0.1, -0.05) is 24.3 Å². The maximum Gasteiger partial charge on any atom is 0.325 e. The zero-order valence-electron chi connectivity index (χ0n) is 7.40. The van der Waals surface area contributed by atoms with E-state index in [1.165, 1.54) is 0 Å². The fourth-order valence-corrected chi connectivity index (χ4v) is 0.954. The molecule has 1 aromatic rings. The van der Waals surface area contributed by atoms with Crippen molar-refractivity contribution in [2.45, 2.75) is 6.92 Å². The summed E-state index contributed by atoms with van der Waals surface area (Å²) in [7, 11) is 0. The summed E-state index contributed by atoms with van der Waals surface area (Å²) >= 11 is 0. The minimum absolute atomic E-state index is 0.172. The van der Waals surface area contributed by atoms with Crippen LogP contribution in [0.3, 0.4) is 0 Å². The van der Waals surface area contributed by atoms with Gasteiger partial charge in [0.2, 0.25) is 0 Å². The molecule has 68 valence electrons. The third-order valence-electron chi connectivity index (χ3n) is 1.65. The minimum Gasteiger partial charge on any atom is -0.480 e. The Kier molecular flexibility index (Phi) is 3.20. The lowest BCUT2D eigenvalue weighted by Gasteiger charge is -1.96. The Balaban J connectivity index is 2.68. The summed E-state index contributed by atoms with van der Waals surface area (Å²) in [5, 5.41) is 8.35. The van der Waals surface area contributed by atoms with Gasteiger partial charge in [-0.3, -0.25) is 9.79 Å². The molecule has 0 aliphatic rings. The van der Waals surface area contributed by atoms with Crippen molar-refractivity contribution >= 4 is 12.2 Å². The van der Waals surface area contributed by atoms with Crippen molar-refractivity contribution in [1.29, 1.82) is 0 Å². The standard InChI is InChI=1S/C10H11NO2/c1-8-4-2-3-5-9(8)6-11-7-10(12)13/h2-6H,7H2,1H3,(H,12,13)/b11-6-. The van der Waals surface area contributed by atoms with Gasteiger partial charge in [-0.05, 0) is 18.1 Å². The predicted octanol–water partition coefficient (Wildman–Crippen LogP) is 1.50. The van der Waals surface area contributed by atoms with Crippen LogP contribution in [-0.2, 0) is 4.79 Å². The Labute approximate surface area is 76.7 Å². The minimum atomic E-state index is -0.912. The lowest BCUT2D eigenvalue weighted by molar-refractivity contribution is -0.135. The van der Waals surface area contributed by atoms with Gasteiger partial charge in [0.1, 0.15) is 6.54 Å². The van der Waals surface area contributed by atoms with E-state index in [0.717, 1.165) is 11.1 Å². The number of aryl methyl sites for hydroxylation is 1. The summed E-state index contributed by atoms with van der Waals surface area (Å²) in [6.45, 7) is 1.79. The van der Waals surface area contributed by atoms with Crippen molar-refractivity contribution in [2.75, 3.05) is 6.54 Å². The molecule has 1 aromatic carbocycles. The van der Waals surface area contributed by atoms with Gasteiger partial charge in [-0.25, -0.2) is 0 Å². The summed E-state index contributed by atoms with van der Waals surface area (Å²) in [5.41, 5.74) is 2.06. The predicted molar refractivity (Wildman–Crippen MR) is 51.3 cm³/mol. The fourth-order valence-electron chi connectivity index (χ4n) is 0.954. The molecule has 0 aromatic heterocycles. The first-order valence-corrected chi connectivity index (χ1v) is 3.97. The highest BCUT2D eigenvalue weighted by atomic mass is 16.4. The van der Waals surface area contributed by atoms with Crippen LogP contribution in [0, 0.1) is 6.92 Å². The number of nitrogens with zero attached hydrogens (tertiary/aromatic N) is 1. The average molecular weight is 177 g/mol. The van der Waals surface area contributed by atoms with Crippen molar-refractivity contribution in [3.8, 4) is 0 Å². The highest BCUT2D eigenvalue weighted by Crippen LogP contribution is 2.03. The molecule has 13 heavy (non-hydrogen) atoms. The Hall–Kier alpha value is -1.64. The van der Waals surface area contributed by atoms with Crippen LogP contribution in [0.15, 0.2) is 29.3 Å². The van der Waals surface area contributed by atoms with Gasteiger partial charge in [0.25, 0.3) is 0 Å². The summed E-state index contributed by atoms with van der Waals surface area (Å²) in [6, 6.07) is 7.70. The number of benzene rings is 1. The van der Waals surface area contributed by atoms with Crippen molar-refractivity contribution in [3.05, 3.63) is 35.4 Å². The molecule has 0 unspecified atom stereocenters. The van der Waals surface area contributed by atoms with Gasteiger partial charge in [-0.2, -0.15) is 0 Å². The van der Waals surface area contributed by atoms with E-state index < -0.39 is 5.97 Å². The number of hydrogen-bond acceptors (Lipinski definition) is 2. The van der Waals surface area contributed by atoms with Crippen LogP contribution in [0.4, 0.5) is 0 Å². The normalized spacial score (nSPS) is 10.5. The second kappa shape index (κ2) is 4.40. The third-order valence-corrected chi connectivity index (χ3v) is 1.65. The van der Waals surface area contributed by atoms with Gasteiger partial charge in [0, 0.05) is 6.21 Å². The van der Waals surface area contributed by atoms with Gasteiger partial charge >= 0.3 is 5.97 Å². The Bertz CT molecular complexity index is 331. The smallest absolute Gasteiger partial charge is 0.325 e. The lowest BCUT2D eigenvalue weighted by atomic mass is 10.1. The van der Waals surface area contributed by atoms with E-state index in [0.29, 0.717) is 0 Å². The van der Waals surface area contributed by atoms with Crippen molar-refractivity contribution in [3.63, 3.8) is 0 Å². The van der Waals surface area contributed by atoms with Gasteiger partial charge in [-0.15, -0.1) is 0 Å². The molecule has 1 rings (SSSR count). The number of aliphatic carboxylic acids is 1. The molecular weight excluding hydrogens is 166 g/mol. The molecule has 0 bridgehead atoms. The van der Waals surface area contributed by atoms with Crippen molar-refractivity contribution < 1.29 is 9.90 Å². The molecule has 1 N–H and O–H groups in total.